The number of nitrogens with one attached hydrogen (secondary N) is 1. The molecule has 0 spiro atoms. The Hall–Kier alpha value is -1.18. The maximum Gasteiger partial charge on any atom is 0.435 e. The Morgan fingerprint density at radius 3 is 1.70 bits per heavy atom. The molecule has 1 aromatic rings. The molecule has 0 unspecified atom stereocenters. The lowest BCUT2D eigenvalue weighted by Gasteiger charge is -2.31. The van der Waals surface area contributed by atoms with Gasteiger partial charge in [-0.3, -0.25) is 0 Å². The van der Waals surface area contributed by atoms with Crippen molar-refractivity contribution in [2.24, 2.45) is 0 Å². The highest BCUT2D eigenvalue weighted by atomic mass is 35.5. The van der Waals surface area contributed by atoms with Gasteiger partial charge >= 0.3 is 18.0 Å². The van der Waals surface area contributed by atoms with Crippen LogP contribution >= 0.6 is 11.6 Å². The normalized spacial score (nSPS) is 13.5. The average molecular weight is 324 g/mol. The van der Waals surface area contributed by atoms with E-state index in [4.69, 9.17) is 11.6 Å². The quantitative estimate of drug-likeness (QED) is 0.757. The van der Waals surface area contributed by atoms with Crippen molar-refractivity contribution < 1.29 is 30.7 Å². The van der Waals surface area contributed by atoms with Gasteiger partial charge in [0.15, 0.2) is 0 Å². The van der Waals surface area contributed by atoms with Gasteiger partial charge < -0.3 is 5.32 Å². The molecule has 0 aliphatic carbocycles. The minimum absolute atomic E-state index is 0.0366. The number of halogens is 8. The van der Waals surface area contributed by atoms with Gasteiger partial charge in [-0.2, -0.15) is 26.3 Å². The van der Waals surface area contributed by atoms with Gasteiger partial charge in [-0.25, -0.2) is 4.39 Å². The zero-order valence-corrected chi connectivity index (χ0v) is 10.9. The minimum atomic E-state index is -6.15. The molecule has 0 bridgehead atoms. The number of anilines is 1. The maximum atomic E-state index is 13.8. The van der Waals surface area contributed by atoms with E-state index in [9.17, 15) is 30.7 Å². The molecule has 0 atom stereocenters. The summed E-state index contributed by atoms with van der Waals surface area (Å²) in [5, 5.41) is 2.07. The van der Waals surface area contributed by atoms with Crippen LogP contribution in [0.3, 0.4) is 0 Å². The predicted molar refractivity (Wildman–Crippen MR) is 60.6 cm³/mol. The van der Waals surface area contributed by atoms with Crippen molar-refractivity contribution in [3.05, 3.63) is 28.3 Å². The monoisotopic (exact) mass is 323 g/mol. The van der Waals surface area contributed by atoms with Gasteiger partial charge in [-0.15, -0.1) is 0 Å². The van der Waals surface area contributed by atoms with E-state index >= 15 is 0 Å². The second-order valence-corrected chi connectivity index (χ2v) is 4.46. The van der Waals surface area contributed by atoms with E-state index in [1.807, 2.05) is 0 Å². The number of hydrogen-bond donors (Lipinski definition) is 1. The molecule has 0 saturated heterocycles. The lowest BCUT2D eigenvalue weighted by Crippen LogP contribution is -2.50. The third kappa shape index (κ3) is 2.53. The van der Waals surface area contributed by atoms with Crippen LogP contribution in [-0.4, -0.2) is 19.4 Å². The summed E-state index contributed by atoms with van der Waals surface area (Å²) in [5.74, 6) is 0. The summed E-state index contributed by atoms with van der Waals surface area (Å²) in [7, 11) is 1.38. The van der Waals surface area contributed by atoms with Crippen LogP contribution in [0.2, 0.25) is 5.02 Å². The molecule has 114 valence electrons. The summed E-state index contributed by atoms with van der Waals surface area (Å²) in [5.41, 5.74) is -6.98. The third-order valence-electron chi connectivity index (χ3n) is 2.72. The van der Waals surface area contributed by atoms with E-state index in [2.05, 4.69) is 5.32 Å². The Balaban J connectivity index is 3.61. The zero-order chi connectivity index (χ0) is 15.9. The lowest BCUT2D eigenvalue weighted by atomic mass is 9.92. The van der Waals surface area contributed by atoms with Crippen molar-refractivity contribution in [3.8, 4) is 0 Å². The molecule has 0 heterocycles. The van der Waals surface area contributed by atoms with Crippen LogP contribution in [0, 0.1) is 6.92 Å². The molecule has 0 aromatic heterocycles. The van der Waals surface area contributed by atoms with E-state index in [1.165, 1.54) is 14.0 Å². The molecule has 1 rings (SSSR count). The summed E-state index contributed by atoms with van der Waals surface area (Å²) < 4.78 is 89.3. The molecule has 1 N–H and O–H groups in total. The van der Waals surface area contributed by atoms with Crippen molar-refractivity contribution in [2.45, 2.75) is 24.9 Å². The van der Waals surface area contributed by atoms with Gasteiger partial charge in [0.2, 0.25) is 0 Å². The van der Waals surface area contributed by atoms with E-state index in [0.717, 1.165) is 0 Å². The zero-order valence-electron chi connectivity index (χ0n) is 10.2. The van der Waals surface area contributed by atoms with Crippen molar-refractivity contribution in [1.29, 1.82) is 0 Å². The lowest BCUT2D eigenvalue weighted by molar-refractivity contribution is -0.348. The molecule has 0 fully saturated rings. The summed E-state index contributed by atoms with van der Waals surface area (Å²) in [6.45, 7) is 1.22. The smallest absolute Gasteiger partial charge is 0.387 e. The van der Waals surface area contributed by atoms with Crippen molar-refractivity contribution in [1.82, 2.24) is 0 Å². The number of aryl methyl sites for hydroxylation is 1. The topological polar surface area (TPSA) is 12.0 Å². The predicted octanol–water partition coefficient (Wildman–Crippen LogP) is 4.98. The summed E-state index contributed by atoms with van der Waals surface area (Å²) in [4.78, 5) is 0. The summed E-state index contributed by atoms with van der Waals surface area (Å²) in [6.07, 6.45) is -12.3. The molecule has 0 aliphatic heterocycles. The number of alkyl halides is 7. The first-order valence-electron chi connectivity index (χ1n) is 5.17. The standard InChI is InChI=1S/C11H9ClF7N/c1-5-3-6(4-7(12)8(5)20-2)9(13,10(14,15)16)11(17,18)19/h3-4,20H,1-2H3. The fourth-order valence-corrected chi connectivity index (χ4v) is 2.11. The van der Waals surface area contributed by atoms with Crippen molar-refractivity contribution in [2.75, 3.05) is 12.4 Å². The maximum absolute atomic E-state index is 13.8. The molecule has 0 aliphatic rings. The first-order valence-corrected chi connectivity index (χ1v) is 5.54. The molecule has 9 heteroatoms. The first-order chi connectivity index (χ1) is 8.86. The van der Waals surface area contributed by atoms with Gasteiger partial charge in [0, 0.05) is 12.6 Å². The Morgan fingerprint density at radius 2 is 1.40 bits per heavy atom. The fraction of sp³-hybridized carbons (Fsp3) is 0.455. The Bertz CT molecular complexity index is 469. The molecule has 0 saturated carbocycles. The molecular weight excluding hydrogens is 315 g/mol. The second kappa shape index (κ2) is 4.98. The van der Waals surface area contributed by atoms with Crippen LogP contribution in [0.5, 0.6) is 0 Å². The minimum Gasteiger partial charge on any atom is -0.387 e. The van der Waals surface area contributed by atoms with Crippen LogP contribution in [0.4, 0.5) is 36.4 Å². The number of hydrogen-bond acceptors (Lipinski definition) is 1. The van der Waals surface area contributed by atoms with Gasteiger partial charge in [-0.05, 0) is 18.6 Å². The third-order valence-corrected chi connectivity index (χ3v) is 3.01. The highest BCUT2D eigenvalue weighted by Crippen LogP contribution is 2.54. The molecule has 1 nitrogen and oxygen atoms in total. The summed E-state index contributed by atoms with van der Waals surface area (Å²) >= 11 is 5.58. The van der Waals surface area contributed by atoms with Gasteiger partial charge in [0.05, 0.1) is 10.7 Å². The molecule has 20 heavy (non-hydrogen) atoms. The molecule has 1 aromatic carbocycles. The van der Waals surface area contributed by atoms with E-state index in [0.29, 0.717) is 12.1 Å². The van der Waals surface area contributed by atoms with E-state index in [1.54, 1.807) is 0 Å². The van der Waals surface area contributed by atoms with Gasteiger partial charge in [-0.1, -0.05) is 17.7 Å². The molecular formula is C11H9ClF7N. The average Bonchev–Trinajstić information content (AvgIpc) is 2.24. The van der Waals surface area contributed by atoms with E-state index < -0.39 is 28.6 Å². The van der Waals surface area contributed by atoms with E-state index in [-0.39, 0.29) is 11.3 Å². The SMILES string of the molecule is CNc1c(C)cc(C(F)(C(F)(F)F)C(F)(F)F)cc1Cl. The van der Waals surface area contributed by atoms with Crippen molar-refractivity contribution >= 4 is 17.3 Å². The number of rotatable bonds is 2. The second-order valence-electron chi connectivity index (χ2n) is 4.05. The van der Waals surface area contributed by atoms with Crippen LogP contribution in [0.1, 0.15) is 11.1 Å². The molecule has 0 amide bonds. The largest absolute Gasteiger partial charge is 0.435 e. The van der Waals surface area contributed by atoms with Gasteiger partial charge in [0.25, 0.3) is 0 Å². The number of benzene rings is 1. The van der Waals surface area contributed by atoms with Crippen molar-refractivity contribution in [3.63, 3.8) is 0 Å². The Morgan fingerprint density at radius 1 is 0.950 bits per heavy atom. The molecule has 0 radical (unpaired) electrons. The summed E-state index contributed by atoms with van der Waals surface area (Å²) in [6, 6.07) is 0.792. The van der Waals surface area contributed by atoms with Crippen LogP contribution in [0.25, 0.3) is 0 Å². The van der Waals surface area contributed by atoms with Crippen LogP contribution in [0.15, 0.2) is 12.1 Å². The highest BCUT2D eigenvalue weighted by molar-refractivity contribution is 6.33. The first kappa shape index (κ1) is 16.9. The Kier molecular flexibility index (Phi) is 4.20. The van der Waals surface area contributed by atoms with Crippen LogP contribution in [-0.2, 0) is 5.67 Å². The Labute approximate surface area is 114 Å². The van der Waals surface area contributed by atoms with Crippen LogP contribution < -0.4 is 5.32 Å². The fourth-order valence-electron chi connectivity index (χ4n) is 1.75. The van der Waals surface area contributed by atoms with Gasteiger partial charge in [0.1, 0.15) is 0 Å². The highest BCUT2D eigenvalue weighted by Gasteiger charge is 2.73.